The first-order valence-corrected chi connectivity index (χ1v) is 8.84. The summed E-state index contributed by atoms with van der Waals surface area (Å²) in [4.78, 5) is 12.2. The molecule has 0 fully saturated rings. The Morgan fingerprint density at radius 3 is 2.59 bits per heavy atom. The number of nitrogens with one attached hydrogen (secondary N) is 1. The number of carbonyl (C=O) groups is 1. The molecule has 0 aromatic heterocycles. The van der Waals surface area contributed by atoms with Crippen LogP contribution in [0.2, 0.25) is 0 Å². The molecule has 0 saturated carbocycles. The fraction of sp³-hybridized carbons (Fsp3) is 0.273. The molecule has 2 aromatic carbocycles. The van der Waals surface area contributed by atoms with Gasteiger partial charge in [-0.05, 0) is 42.7 Å². The fourth-order valence-corrected chi connectivity index (χ4v) is 2.35. The van der Waals surface area contributed by atoms with Gasteiger partial charge < -0.3 is 14.8 Å². The lowest BCUT2D eigenvalue weighted by atomic mass is 10.1. The number of nitriles is 1. The lowest BCUT2D eigenvalue weighted by Gasteiger charge is -2.12. The maximum absolute atomic E-state index is 12.2. The van der Waals surface area contributed by atoms with Crippen LogP contribution in [0.3, 0.4) is 0 Å². The van der Waals surface area contributed by atoms with Crippen LogP contribution in [0.15, 0.2) is 54.1 Å². The van der Waals surface area contributed by atoms with Crippen molar-refractivity contribution in [2.24, 2.45) is 0 Å². The van der Waals surface area contributed by atoms with E-state index in [0.29, 0.717) is 23.7 Å². The maximum atomic E-state index is 12.2. The molecule has 1 amide bonds. The summed E-state index contributed by atoms with van der Waals surface area (Å²) in [6, 6.07) is 17.1. The van der Waals surface area contributed by atoms with Crippen LogP contribution in [-0.2, 0) is 11.4 Å². The third-order valence-corrected chi connectivity index (χ3v) is 4.09. The molecule has 0 unspecified atom stereocenters. The van der Waals surface area contributed by atoms with Gasteiger partial charge >= 0.3 is 0 Å². The average Bonchev–Trinajstić information content (AvgIpc) is 2.71. The number of rotatable bonds is 8. The number of amides is 1. The van der Waals surface area contributed by atoms with Gasteiger partial charge in [-0.1, -0.05) is 43.3 Å². The minimum absolute atomic E-state index is 0.0116. The predicted molar refractivity (Wildman–Crippen MR) is 105 cm³/mol. The lowest BCUT2D eigenvalue weighted by molar-refractivity contribution is -0.117. The Morgan fingerprint density at radius 1 is 1.22 bits per heavy atom. The normalized spacial score (nSPS) is 12.0. The van der Waals surface area contributed by atoms with Gasteiger partial charge in [0.1, 0.15) is 18.2 Å². The van der Waals surface area contributed by atoms with Crippen LogP contribution < -0.4 is 14.8 Å². The van der Waals surface area contributed by atoms with Gasteiger partial charge in [0.05, 0.1) is 7.11 Å². The highest BCUT2D eigenvalue weighted by Crippen LogP contribution is 2.29. The van der Waals surface area contributed by atoms with Crippen molar-refractivity contribution < 1.29 is 14.3 Å². The quantitative estimate of drug-likeness (QED) is 0.565. The van der Waals surface area contributed by atoms with E-state index in [0.717, 1.165) is 12.0 Å². The minimum atomic E-state index is -0.379. The Morgan fingerprint density at radius 2 is 1.96 bits per heavy atom. The van der Waals surface area contributed by atoms with Crippen molar-refractivity contribution >= 4 is 12.0 Å². The molecule has 1 N–H and O–H groups in total. The maximum Gasteiger partial charge on any atom is 0.262 e. The standard InChI is InChI=1S/C22H24N2O3/c1-4-16(2)24-22(25)19(14-23)12-18-10-11-20(21(13-18)26-3)27-15-17-8-6-5-7-9-17/h5-13,16H,4,15H2,1-3H3,(H,24,25)/b19-12+/t16-/m0/s1. The first-order chi connectivity index (χ1) is 13.1. The first-order valence-electron chi connectivity index (χ1n) is 8.84. The van der Waals surface area contributed by atoms with Gasteiger partial charge in [0.15, 0.2) is 11.5 Å². The Bertz CT molecular complexity index is 838. The molecule has 0 aliphatic heterocycles. The van der Waals surface area contributed by atoms with Gasteiger partial charge in [0.2, 0.25) is 0 Å². The third kappa shape index (κ3) is 5.89. The molecule has 5 nitrogen and oxygen atoms in total. The van der Waals surface area contributed by atoms with Crippen LogP contribution in [-0.4, -0.2) is 19.1 Å². The van der Waals surface area contributed by atoms with Crippen molar-refractivity contribution in [2.75, 3.05) is 7.11 Å². The zero-order valence-electron chi connectivity index (χ0n) is 15.9. The number of benzene rings is 2. The van der Waals surface area contributed by atoms with E-state index < -0.39 is 0 Å². The summed E-state index contributed by atoms with van der Waals surface area (Å²) in [6.45, 7) is 4.29. The Kier molecular flexibility index (Phi) is 7.45. The number of nitrogens with zero attached hydrogens (tertiary/aromatic N) is 1. The van der Waals surface area contributed by atoms with Crippen molar-refractivity contribution in [3.8, 4) is 17.6 Å². The molecule has 27 heavy (non-hydrogen) atoms. The number of hydrogen-bond donors (Lipinski definition) is 1. The van der Waals surface area contributed by atoms with Crippen LogP contribution in [0.5, 0.6) is 11.5 Å². The van der Waals surface area contributed by atoms with E-state index in [2.05, 4.69) is 5.32 Å². The van der Waals surface area contributed by atoms with Crippen LogP contribution >= 0.6 is 0 Å². The molecule has 0 radical (unpaired) electrons. The summed E-state index contributed by atoms with van der Waals surface area (Å²) >= 11 is 0. The van der Waals surface area contributed by atoms with Crippen molar-refractivity contribution in [3.05, 3.63) is 65.2 Å². The Balaban J connectivity index is 2.16. The summed E-state index contributed by atoms with van der Waals surface area (Å²) in [7, 11) is 1.55. The second kappa shape index (κ2) is 10.0. The smallest absolute Gasteiger partial charge is 0.262 e. The summed E-state index contributed by atoms with van der Waals surface area (Å²) in [6.07, 6.45) is 2.34. The van der Waals surface area contributed by atoms with Gasteiger partial charge in [-0.25, -0.2) is 0 Å². The van der Waals surface area contributed by atoms with E-state index in [1.54, 1.807) is 31.4 Å². The molecule has 0 heterocycles. The zero-order valence-corrected chi connectivity index (χ0v) is 15.9. The number of ether oxygens (including phenoxy) is 2. The molecule has 5 heteroatoms. The topological polar surface area (TPSA) is 71.4 Å². The summed E-state index contributed by atoms with van der Waals surface area (Å²) in [5.41, 5.74) is 1.79. The highest BCUT2D eigenvalue weighted by atomic mass is 16.5. The highest BCUT2D eigenvalue weighted by Gasteiger charge is 2.12. The minimum Gasteiger partial charge on any atom is -0.493 e. The summed E-state index contributed by atoms with van der Waals surface area (Å²) < 4.78 is 11.2. The van der Waals surface area contributed by atoms with Crippen LogP contribution in [0.4, 0.5) is 0 Å². The largest absolute Gasteiger partial charge is 0.493 e. The highest BCUT2D eigenvalue weighted by molar-refractivity contribution is 6.01. The second-order valence-corrected chi connectivity index (χ2v) is 6.14. The fourth-order valence-electron chi connectivity index (χ4n) is 2.35. The van der Waals surface area contributed by atoms with E-state index in [4.69, 9.17) is 9.47 Å². The Labute approximate surface area is 160 Å². The van der Waals surface area contributed by atoms with Crippen molar-refractivity contribution in [3.63, 3.8) is 0 Å². The van der Waals surface area contributed by atoms with Crippen molar-refractivity contribution in [1.29, 1.82) is 5.26 Å². The molecule has 2 rings (SSSR count). The third-order valence-electron chi connectivity index (χ3n) is 4.09. The number of hydrogen-bond acceptors (Lipinski definition) is 4. The molecular formula is C22H24N2O3. The molecule has 1 atom stereocenters. The molecule has 0 spiro atoms. The van der Waals surface area contributed by atoms with Gasteiger partial charge in [-0.3, -0.25) is 4.79 Å². The van der Waals surface area contributed by atoms with Gasteiger partial charge in [0, 0.05) is 6.04 Å². The molecule has 0 aliphatic rings. The zero-order chi connectivity index (χ0) is 19.6. The van der Waals surface area contributed by atoms with E-state index >= 15 is 0 Å². The van der Waals surface area contributed by atoms with E-state index in [1.807, 2.05) is 50.2 Å². The van der Waals surface area contributed by atoms with Crippen molar-refractivity contribution in [1.82, 2.24) is 5.32 Å². The number of methoxy groups -OCH3 is 1. The number of carbonyl (C=O) groups excluding carboxylic acids is 1. The monoisotopic (exact) mass is 364 g/mol. The van der Waals surface area contributed by atoms with Crippen LogP contribution in [0, 0.1) is 11.3 Å². The lowest BCUT2D eigenvalue weighted by Crippen LogP contribution is -2.32. The second-order valence-electron chi connectivity index (χ2n) is 6.14. The van der Waals surface area contributed by atoms with Gasteiger partial charge in [0.25, 0.3) is 5.91 Å². The average molecular weight is 364 g/mol. The molecular weight excluding hydrogens is 340 g/mol. The van der Waals surface area contributed by atoms with Crippen LogP contribution in [0.1, 0.15) is 31.4 Å². The molecule has 2 aromatic rings. The molecule has 0 aliphatic carbocycles. The first kappa shape index (κ1) is 20.1. The molecule has 140 valence electrons. The van der Waals surface area contributed by atoms with Crippen LogP contribution in [0.25, 0.3) is 6.08 Å². The summed E-state index contributed by atoms with van der Waals surface area (Å²) in [5, 5.41) is 12.1. The SMILES string of the molecule is CC[C@H](C)NC(=O)/C(C#N)=C/c1ccc(OCc2ccccc2)c(OC)c1. The van der Waals surface area contributed by atoms with E-state index in [1.165, 1.54) is 0 Å². The van der Waals surface area contributed by atoms with E-state index in [9.17, 15) is 10.1 Å². The summed E-state index contributed by atoms with van der Waals surface area (Å²) in [5.74, 6) is 0.760. The molecule has 0 bridgehead atoms. The van der Waals surface area contributed by atoms with Gasteiger partial charge in [-0.15, -0.1) is 0 Å². The van der Waals surface area contributed by atoms with Gasteiger partial charge in [-0.2, -0.15) is 5.26 Å². The predicted octanol–water partition coefficient (Wildman–Crippen LogP) is 4.10. The Hall–Kier alpha value is -3.26. The van der Waals surface area contributed by atoms with Crippen molar-refractivity contribution in [2.45, 2.75) is 32.9 Å². The van der Waals surface area contributed by atoms with E-state index in [-0.39, 0.29) is 17.5 Å². The molecule has 0 saturated heterocycles.